The Labute approximate surface area is 174 Å². The molecule has 1 aliphatic rings. The Morgan fingerprint density at radius 1 is 0.935 bits per heavy atom. The molecule has 0 radical (unpaired) electrons. The van der Waals surface area contributed by atoms with Crippen molar-refractivity contribution < 1.29 is 31.2 Å². The van der Waals surface area contributed by atoms with Gasteiger partial charge in [-0.3, -0.25) is 24.2 Å². The minimum atomic E-state index is -4.61. The predicted molar refractivity (Wildman–Crippen MR) is 102 cm³/mol. The molecule has 1 N–H and O–H groups in total. The van der Waals surface area contributed by atoms with Gasteiger partial charge in [0.15, 0.2) is 0 Å². The molecule has 4 rings (SSSR count). The van der Waals surface area contributed by atoms with E-state index in [1.165, 1.54) is 18.3 Å². The van der Waals surface area contributed by atoms with Crippen LogP contribution >= 0.6 is 0 Å². The molecule has 3 aromatic rings. The van der Waals surface area contributed by atoms with Crippen LogP contribution in [-0.2, 0) is 16.6 Å². The molecule has 0 bridgehead atoms. The van der Waals surface area contributed by atoms with Crippen LogP contribution in [0, 0.1) is 17.5 Å². The third kappa shape index (κ3) is 3.75. The summed E-state index contributed by atoms with van der Waals surface area (Å²) >= 11 is 0. The van der Waals surface area contributed by atoms with E-state index in [4.69, 9.17) is 0 Å². The second-order valence-electron chi connectivity index (χ2n) is 6.58. The van der Waals surface area contributed by atoms with Crippen molar-refractivity contribution in [3.63, 3.8) is 0 Å². The van der Waals surface area contributed by atoms with E-state index < -0.39 is 56.4 Å². The van der Waals surface area contributed by atoms with Crippen molar-refractivity contribution in [1.29, 1.82) is 0 Å². The Bertz CT molecular complexity index is 1310. The van der Waals surface area contributed by atoms with Crippen LogP contribution in [0.2, 0.25) is 0 Å². The summed E-state index contributed by atoms with van der Waals surface area (Å²) in [7, 11) is -4.61. The molecular formula is C20H12F3N3O4S. The molecule has 0 spiro atoms. The van der Waals surface area contributed by atoms with Gasteiger partial charge in [-0.05, 0) is 42.0 Å². The van der Waals surface area contributed by atoms with Crippen LogP contribution in [0.4, 0.5) is 18.9 Å². The number of carbonyl (C=O) groups excluding carboxylic acids is 2. The smallest absolute Gasteiger partial charge is 0.277 e. The molecule has 0 saturated heterocycles. The molecule has 0 saturated carbocycles. The Kier molecular flexibility index (Phi) is 4.97. The lowest BCUT2D eigenvalue weighted by atomic mass is 10.2. The van der Waals surface area contributed by atoms with Gasteiger partial charge in [-0.1, -0.05) is 6.07 Å². The lowest BCUT2D eigenvalue weighted by Crippen LogP contribution is -2.30. The van der Waals surface area contributed by atoms with E-state index in [9.17, 15) is 31.2 Å². The highest BCUT2D eigenvalue weighted by atomic mass is 32.2. The van der Waals surface area contributed by atoms with Crippen LogP contribution in [-0.4, -0.2) is 30.1 Å². The van der Waals surface area contributed by atoms with Gasteiger partial charge in [0.25, 0.3) is 21.8 Å². The van der Waals surface area contributed by atoms with Gasteiger partial charge in [0.05, 0.1) is 22.7 Å². The van der Waals surface area contributed by atoms with Crippen molar-refractivity contribution in [3.8, 4) is 0 Å². The van der Waals surface area contributed by atoms with Crippen LogP contribution in [0.5, 0.6) is 0 Å². The molecule has 7 nitrogen and oxygen atoms in total. The number of nitrogens with zero attached hydrogens (tertiary/aromatic N) is 2. The molecule has 2 heterocycles. The van der Waals surface area contributed by atoms with E-state index in [2.05, 4.69) is 4.98 Å². The van der Waals surface area contributed by atoms with Gasteiger partial charge in [-0.15, -0.1) is 0 Å². The third-order valence-corrected chi connectivity index (χ3v) is 6.00. The van der Waals surface area contributed by atoms with Gasteiger partial charge in [-0.25, -0.2) is 21.6 Å². The number of hydrogen-bond acceptors (Lipinski definition) is 5. The number of carbonyl (C=O) groups is 2. The average molecular weight is 447 g/mol. The van der Waals surface area contributed by atoms with E-state index in [0.717, 1.165) is 29.2 Å². The second-order valence-corrected chi connectivity index (χ2v) is 8.23. The molecule has 0 fully saturated rings. The Hall–Kier alpha value is -3.73. The maximum atomic E-state index is 13.9. The molecule has 0 atom stereocenters. The number of amides is 2. The topological polar surface area (TPSA) is 96.4 Å². The first-order chi connectivity index (χ1) is 14.7. The van der Waals surface area contributed by atoms with E-state index in [0.29, 0.717) is 12.1 Å². The quantitative estimate of drug-likeness (QED) is 0.607. The largest absolute Gasteiger partial charge is 0.280 e. The molecule has 31 heavy (non-hydrogen) atoms. The Balaban J connectivity index is 1.71. The number of hydrogen-bond donors (Lipinski definition) is 1. The predicted octanol–water partition coefficient (Wildman–Crippen LogP) is 3.10. The summed E-state index contributed by atoms with van der Waals surface area (Å²) in [5, 5.41) is 0. The lowest BCUT2D eigenvalue weighted by molar-refractivity contribution is 0.0639. The molecule has 1 aromatic heterocycles. The van der Waals surface area contributed by atoms with Gasteiger partial charge >= 0.3 is 0 Å². The first-order valence-electron chi connectivity index (χ1n) is 8.75. The fraction of sp³-hybridized carbons (Fsp3) is 0.0500. The van der Waals surface area contributed by atoms with Crippen molar-refractivity contribution in [1.82, 2.24) is 9.88 Å². The first kappa shape index (κ1) is 20.5. The highest BCUT2D eigenvalue weighted by Crippen LogP contribution is 2.27. The molecule has 11 heteroatoms. The minimum absolute atomic E-state index is 0.0546. The molecular weight excluding hydrogens is 435 g/mol. The first-order valence-corrected chi connectivity index (χ1v) is 10.2. The van der Waals surface area contributed by atoms with Crippen molar-refractivity contribution in [2.45, 2.75) is 11.4 Å². The number of benzene rings is 2. The van der Waals surface area contributed by atoms with Gasteiger partial charge in [0.2, 0.25) is 0 Å². The highest BCUT2D eigenvalue weighted by molar-refractivity contribution is 7.92. The SMILES string of the molecule is O=C1c2cccnc2C(=O)N1Cc1ccc(F)cc1S(=O)(=O)Nc1cc(F)ccc1F. The highest BCUT2D eigenvalue weighted by Gasteiger charge is 2.37. The Morgan fingerprint density at radius 3 is 2.39 bits per heavy atom. The third-order valence-electron chi connectivity index (χ3n) is 4.55. The number of imide groups is 1. The van der Waals surface area contributed by atoms with Crippen LogP contribution in [0.3, 0.4) is 0 Å². The zero-order chi connectivity index (χ0) is 22.3. The standard InChI is InChI=1S/C20H12F3N3O4S/c21-12-5-6-15(23)16(8-12)25-31(29,30)17-9-13(22)4-3-11(17)10-26-19(27)14-2-1-7-24-18(14)20(26)28/h1-9,25H,10H2. The summed E-state index contributed by atoms with van der Waals surface area (Å²) in [4.78, 5) is 29.1. The summed E-state index contributed by atoms with van der Waals surface area (Å²) in [6.07, 6.45) is 1.33. The van der Waals surface area contributed by atoms with E-state index in [1.54, 1.807) is 0 Å². The number of anilines is 1. The number of rotatable bonds is 5. The number of aromatic nitrogens is 1. The van der Waals surface area contributed by atoms with E-state index in [1.807, 2.05) is 4.72 Å². The number of sulfonamides is 1. The van der Waals surface area contributed by atoms with Gasteiger partial charge in [0.1, 0.15) is 23.1 Å². The van der Waals surface area contributed by atoms with E-state index in [-0.39, 0.29) is 16.8 Å². The molecule has 2 amide bonds. The average Bonchev–Trinajstić information content (AvgIpc) is 2.97. The second kappa shape index (κ2) is 7.51. The summed E-state index contributed by atoms with van der Waals surface area (Å²) in [6.45, 7) is -0.504. The number of fused-ring (bicyclic) bond motifs is 1. The molecule has 0 unspecified atom stereocenters. The number of pyridine rings is 1. The lowest BCUT2D eigenvalue weighted by Gasteiger charge is -2.17. The van der Waals surface area contributed by atoms with E-state index >= 15 is 0 Å². The number of nitrogens with one attached hydrogen (secondary N) is 1. The number of halogens is 3. The van der Waals surface area contributed by atoms with Crippen molar-refractivity contribution in [3.05, 3.63) is 89.0 Å². The fourth-order valence-corrected chi connectivity index (χ4v) is 4.41. The summed E-state index contributed by atoms with van der Waals surface area (Å²) in [5.74, 6) is -4.29. The van der Waals surface area contributed by atoms with Crippen LogP contribution < -0.4 is 4.72 Å². The zero-order valence-electron chi connectivity index (χ0n) is 15.5. The zero-order valence-corrected chi connectivity index (χ0v) is 16.3. The Morgan fingerprint density at radius 2 is 1.65 bits per heavy atom. The molecule has 1 aliphatic heterocycles. The van der Waals surface area contributed by atoms with Crippen LogP contribution in [0.25, 0.3) is 0 Å². The van der Waals surface area contributed by atoms with Gasteiger partial charge in [0, 0.05) is 12.3 Å². The molecule has 2 aromatic carbocycles. The van der Waals surface area contributed by atoms with Crippen molar-refractivity contribution in [2.24, 2.45) is 0 Å². The van der Waals surface area contributed by atoms with Crippen molar-refractivity contribution >= 4 is 27.5 Å². The molecule has 158 valence electrons. The summed E-state index contributed by atoms with van der Waals surface area (Å²) in [5.41, 5.74) is -0.821. The summed E-state index contributed by atoms with van der Waals surface area (Å²) in [6, 6.07) is 7.73. The monoisotopic (exact) mass is 447 g/mol. The van der Waals surface area contributed by atoms with Crippen molar-refractivity contribution in [2.75, 3.05) is 4.72 Å². The maximum Gasteiger partial charge on any atom is 0.280 e. The van der Waals surface area contributed by atoms with Crippen LogP contribution in [0.15, 0.2) is 59.6 Å². The normalized spacial score (nSPS) is 13.5. The maximum absolute atomic E-state index is 13.9. The van der Waals surface area contributed by atoms with Gasteiger partial charge in [-0.2, -0.15) is 0 Å². The molecule has 0 aliphatic carbocycles. The fourth-order valence-electron chi connectivity index (χ4n) is 3.11. The van der Waals surface area contributed by atoms with Gasteiger partial charge < -0.3 is 0 Å². The van der Waals surface area contributed by atoms with Crippen LogP contribution in [0.1, 0.15) is 26.4 Å². The summed E-state index contributed by atoms with van der Waals surface area (Å²) < 4.78 is 68.7. The minimum Gasteiger partial charge on any atom is -0.277 e.